The molecule has 1 aliphatic rings. The van der Waals surface area contributed by atoms with Crippen molar-refractivity contribution in [2.45, 2.75) is 31.1 Å². The number of halogens is 3. The lowest BCUT2D eigenvalue weighted by molar-refractivity contribution is -0.0504. The number of imidazole rings is 1. The summed E-state index contributed by atoms with van der Waals surface area (Å²) < 4.78 is 22.3. The van der Waals surface area contributed by atoms with Gasteiger partial charge in [-0.3, -0.25) is 9.09 Å². The molecule has 0 amide bonds. The summed E-state index contributed by atoms with van der Waals surface area (Å²) in [5.74, 6) is 0.348. The van der Waals surface area contributed by atoms with Crippen LogP contribution in [0, 0.1) is 0 Å². The molecule has 4 rings (SSSR count). The van der Waals surface area contributed by atoms with Crippen molar-refractivity contribution in [3.8, 4) is 0 Å². The van der Waals surface area contributed by atoms with E-state index in [4.69, 9.17) is 49.3 Å². The van der Waals surface area contributed by atoms with Gasteiger partial charge in [-0.25, -0.2) is 19.5 Å². The third kappa shape index (κ3) is 5.25. The fraction of sp³-hybridized carbons (Fsp3) is 0.353. The number of benzene rings is 1. The molecule has 12 nitrogen and oxygen atoms in total. The van der Waals surface area contributed by atoms with Gasteiger partial charge in [-0.05, 0) is 17.7 Å². The average Bonchev–Trinajstić information content (AvgIpc) is 3.29. The van der Waals surface area contributed by atoms with Crippen molar-refractivity contribution in [2.24, 2.45) is 0 Å². The normalized spacial score (nSPS) is 23.4. The third-order valence-electron chi connectivity index (χ3n) is 4.89. The molecule has 0 saturated carbocycles. The maximum absolute atomic E-state index is 10.9. The second kappa shape index (κ2) is 9.59. The molecule has 1 saturated heterocycles. The summed E-state index contributed by atoms with van der Waals surface area (Å²) >= 11 is 18.3. The van der Waals surface area contributed by atoms with Gasteiger partial charge in [0, 0.05) is 11.6 Å². The van der Waals surface area contributed by atoms with E-state index in [9.17, 15) is 14.8 Å². The van der Waals surface area contributed by atoms with E-state index in [1.165, 1.54) is 23.3 Å². The number of nitrogens with one attached hydrogen (secondary N) is 1. The van der Waals surface area contributed by atoms with Crippen molar-refractivity contribution < 1.29 is 33.8 Å². The fourth-order valence-corrected chi connectivity index (χ4v) is 4.40. The van der Waals surface area contributed by atoms with Crippen molar-refractivity contribution in [1.29, 1.82) is 0 Å². The Hall–Kier alpha value is -1.57. The van der Waals surface area contributed by atoms with Crippen LogP contribution in [0.25, 0.3) is 11.2 Å². The Labute approximate surface area is 201 Å². The summed E-state index contributed by atoms with van der Waals surface area (Å²) in [5, 5.41) is 24.8. The molecule has 0 aliphatic carbocycles. The lowest BCUT2D eigenvalue weighted by Crippen LogP contribution is -2.33. The van der Waals surface area contributed by atoms with Gasteiger partial charge in [0.2, 0.25) is 0 Å². The predicted octanol–water partition coefficient (Wildman–Crippen LogP) is 2.13. The summed E-state index contributed by atoms with van der Waals surface area (Å²) in [6.07, 6.45) is -2.63. The maximum Gasteiger partial charge on any atom is 0.469 e. The van der Waals surface area contributed by atoms with Gasteiger partial charge in [0.1, 0.15) is 24.6 Å². The van der Waals surface area contributed by atoms with Crippen LogP contribution in [0.2, 0.25) is 15.1 Å². The molecule has 4 atom stereocenters. The van der Waals surface area contributed by atoms with Gasteiger partial charge in [-0.15, -0.1) is 0 Å². The number of phosphoric acid groups is 1. The minimum atomic E-state index is -4.78. The monoisotopic (exact) mass is 539 g/mol. The van der Waals surface area contributed by atoms with E-state index < -0.39 is 39.0 Å². The van der Waals surface area contributed by atoms with E-state index in [0.29, 0.717) is 32.0 Å². The van der Waals surface area contributed by atoms with Crippen LogP contribution in [0.15, 0.2) is 24.8 Å². The zero-order chi connectivity index (χ0) is 23.9. The van der Waals surface area contributed by atoms with Crippen molar-refractivity contribution in [3.63, 3.8) is 0 Å². The predicted molar refractivity (Wildman–Crippen MR) is 118 cm³/mol. The number of hydrogen-bond donors (Lipinski definition) is 5. The number of aromatic nitrogens is 4. The molecule has 2 aromatic heterocycles. The van der Waals surface area contributed by atoms with Crippen LogP contribution in [0.1, 0.15) is 11.8 Å². The fourth-order valence-electron chi connectivity index (χ4n) is 3.35. The first-order valence-electron chi connectivity index (χ1n) is 9.31. The second-order valence-corrected chi connectivity index (χ2v) is 9.55. The van der Waals surface area contributed by atoms with Crippen molar-refractivity contribution >= 4 is 59.6 Å². The van der Waals surface area contributed by atoms with E-state index in [-0.39, 0.29) is 12.2 Å². The Kier molecular flexibility index (Phi) is 7.13. The average molecular weight is 541 g/mol. The van der Waals surface area contributed by atoms with Gasteiger partial charge < -0.3 is 30.1 Å². The molecule has 0 spiro atoms. The molecule has 3 heterocycles. The van der Waals surface area contributed by atoms with Crippen molar-refractivity contribution in [1.82, 2.24) is 19.5 Å². The largest absolute Gasteiger partial charge is 0.469 e. The van der Waals surface area contributed by atoms with Crippen LogP contribution in [0.4, 0.5) is 5.82 Å². The molecule has 0 radical (unpaired) electrons. The Morgan fingerprint density at radius 2 is 1.91 bits per heavy atom. The standard InChI is InChI=1S/C17H17Cl3N5O7P/c18-8-1-7(11(20)9(19)2-8)3-21-15-12-16(23-5-22-15)25(6-24-12)17-14(27)13(26)10(32-17)4-31-33(28,29)30/h1-2,5-6,10,13-14,17,26-27H,3-4H2,(H,21,22,23)(H2,28,29,30)/t10-,13-,14-,17-/m1/s1. The van der Waals surface area contributed by atoms with Gasteiger partial charge in [0.25, 0.3) is 0 Å². The molecule has 178 valence electrons. The Bertz CT molecular complexity index is 1230. The number of anilines is 1. The SMILES string of the molecule is O=P(O)(O)OC[C@H]1O[C@@H](n2cnc3c(NCc4cc(Cl)cc(Cl)c4Cl)ncnc32)[C@H](O)[C@@H]1O. The first-order chi connectivity index (χ1) is 15.5. The first-order valence-corrected chi connectivity index (χ1v) is 12.0. The molecular formula is C17H17Cl3N5O7P. The van der Waals surface area contributed by atoms with Crippen LogP contribution in [0.3, 0.4) is 0 Å². The number of hydrogen-bond acceptors (Lipinski definition) is 9. The summed E-state index contributed by atoms with van der Waals surface area (Å²) in [6, 6.07) is 3.18. The molecule has 33 heavy (non-hydrogen) atoms. The molecule has 1 fully saturated rings. The minimum Gasteiger partial charge on any atom is -0.387 e. The van der Waals surface area contributed by atoms with E-state index in [2.05, 4.69) is 24.8 Å². The zero-order valence-electron chi connectivity index (χ0n) is 16.4. The minimum absolute atomic E-state index is 0.223. The van der Waals surface area contributed by atoms with Gasteiger partial charge >= 0.3 is 7.82 Å². The lowest BCUT2D eigenvalue weighted by atomic mass is 10.1. The summed E-state index contributed by atoms with van der Waals surface area (Å²) in [4.78, 5) is 30.3. The highest BCUT2D eigenvalue weighted by molar-refractivity contribution is 7.46. The van der Waals surface area contributed by atoms with E-state index >= 15 is 0 Å². The Morgan fingerprint density at radius 3 is 2.64 bits per heavy atom. The molecule has 1 aliphatic heterocycles. The Morgan fingerprint density at radius 1 is 1.15 bits per heavy atom. The van der Waals surface area contributed by atoms with Crippen molar-refractivity contribution in [2.75, 3.05) is 11.9 Å². The lowest BCUT2D eigenvalue weighted by Gasteiger charge is -2.16. The Balaban J connectivity index is 1.56. The van der Waals surface area contributed by atoms with Crippen LogP contribution in [0.5, 0.6) is 0 Å². The van der Waals surface area contributed by atoms with Gasteiger partial charge in [0.15, 0.2) is 23.2 Å². The smallest absolute Gasteiger partial charge is 0.387 e. The zero-order valence-corrected chi connectivity index (χ0v) is 19.6. The second-order valence-electron chi connectivity index (χ2n) is 7.09. The molecule has 0 bridgehead atoms. The molecule has 5 N–H and O–H groups in total. The van der Waals surface area contributed by atoms with E-state index in [1.807, 2.05) is 0 Å². The molecular weight excluding hydrogens is 524 g/mol. The number of aliphatic hydroxyl groups is 2. The van der Waals surface area contributed by atoms with Crippen LogP contribution >= 0.6 is 42.6 Å². The number of rotatable bonds is 7. The highest BCUT2D eigenvalue weighted by Gasteiger charge is 2.45. The number of phosphoric ester groups is 1. The van der Waals surface area contributed by atoms with Crippen LogP contribution in [-0.2, 0) is 20.4 Å². The number of nitrogens with zero attached hydrogens (tertiary/aromatic N) is 4. The quantitative estimate of drug-likeness (QED) is 0.219. The number of fused-ring (bicyclic) bond motifs is 1. The molecule has 0 unspecified atom stereocenters. The summed E-state index contributed by atoms with van der Waals surface area (Å²) in [5.41, 5.74) is 1.24. The third-order valence-corrected chi connectivity index (χ3v) is 6.44. The maximum atomic E-state index is 10.9. The van der Waals surface area contributed by atoms with Gasteiger partial charge in [0.05, 0.1) is 23.0 Å². The number of ether oxygens (including phenoxy) is 1. The first kappa shape index (κ1) is 24.6. The van der Waals surface area contributed by atoms with Gasteiger partial charge in [-0.2, -0.15) is 0 Å². The van der Waals surface area contributed by atoms with E-state index in [1.54, 1.807) is 6.07 Å². The van der Waals surface area contributed by atoms with E-state index in [0.717, 1.165) is 0 Å². The van der Waals surface area contributed by atoms with Crippen LogP contribution < -0.4 is 5.32 Å². The van der Waals surface area contributed by atoms with Gasteiger partial charge in [-0.1, -0.05) is 34.8 Å². The topological polar surface area (TPSA) is 172 Å². The molecule has 1 aromatic carbocycles. The highest BCUT2D eigenvalue weighted by Crippen LogP contribution is 2.39. The van der Waals surface area contributed by atoms with Crippen molar-refractivity contribution in [3.05, 3.63) is 45.4 Å². The summed E-state index contributed by atoms with van der Waals surface area (Å²) in [7, 11) is -4.78. The highest BCUT2D eigenvalue weighted by atomic mass is 35.5. The molecule has 3 aromatic rings. The van der Waals surface area contributed by atoms with Crippen LogP contribution in [-0.4, -0.2) is 64.4 Å². The molecule has 16 heteroatoms. The summed E-state index contributed by atoms with van der Waals surface area (Å²) in [6.45, 7) is -0.405. The number of aliphatic hydroxyl groups excluding tert-OH is 2.